The number of benzene rings is 1. The largest absolute Gasteiger partial charge is 0.493 e. The van der Waals surface area contributed by atoms with Crippen LogP contribution in [0.2, 0.25) is 0 Å². The van der Waals surface area contributed by atoms with Crippen molar-refractivity contribution >= 4 is 6.08 Å². The molecule has 1 aromatic carbocycles. The number of nitriles is 1. The summed E-state index contributed by atoms with van der Waals surface area (Å²) in [5, 5.41) is 8.98. The molecule has 0 heterocycles. The SMILES string of the molecule is COC/C(C#N)=C\c1cc(OC)c(OC)cc1C. The first kappa shape index (κ1) is 14.1. The maximum atomic E-state index is 8.98. The molecule has 1 aromatic rings. The molecule has 0 aliphatic carbocycles. The van der Waals surface area contributed by atoms with E-state index >= 15 is 0 Å². The highest BCUT2D eigenvalue weighted by Crippen LogP contribution is 2.31. The molecule has 4 heteroatoms. The predicted octanol–water partition coefficient (Wildman–Crippen LogP) is 2.57. The highest BCUT2D eigenvalue weighted by atomic mass is 16.5. The average molecular weight is 247 g/mol. The minimum absolute atomic E-state index is 0.296. The Labute approximate surface area is 107 Å². The van der Waals surface area contributed by atoms with Crippen LogP contribution >= 0.6 is 0 Å². The van der Waals surface area contributed by atoms with Gasteiger partial charge >= 0.3 is 0 Å². The first-order valence-electron chi connectivity index (χ1n) is 5.48. The van der Waals surface area contributed by atoms with Gasteiger partial charge in [-0.25, -0.2) is 0 Å². The van der Waals surface area contributed by atoms with Gasteiger partial charge in [0.15, 0.2) is 11.5 Å². The summed E-state index contributed by atoms with van der Waals surface area (Å²) >= 11 is 0. The van der Waals surface area contributed by atoms with Crippen LogP contribution in [0.3, 0.4) is 0 Å². The summed E-state index contributed by atoms with van der Waals surface area (Å²) in [4.78, 5) is 0. The van der Waals surface area contributed by atoms with Gasteiger partial charge in [-0.2, -0.15) is 5.26 Å². The van der Waals surface area contributed by atoms with Gasteiger partial charge in [0.05, 0.1) is 32.5 Å². The molecule has 0 spiro atoms. The van der Waals surface area contributed by atoms with E-state index in [9.17, 15) is 0 Å². The third-order valence-electron chi connectivity index (χ3n) is 2.55. The van der Waals surface area contributed by atoms with Crippen molar-refractivity contribution < 1.29 is 14.2 Å². The lowest BCUT2D eigenvalue weighted by atomic mass is 10.0. The highest BCUT2D eigenvalue weighted by Gasteiger charge is 2.08. The van der Waals surface area contributed by atoms with E-state index in [1.54, 1.807) is 27.4 Å². The van der Waals surface area contributed by atoms with Crippen LogP contribution in [0.4, 0.5) is 0 Å². The lowest BCUT2D eigenvalue weighted by Gasteiger charge is -2.11. The van der Waals surface area contributed by atoms with Crippen molar-refractivity contribution in [2.45, 2.75) is 6.92 Å². The second kappa shape index (κ2) is 6.67. The van der Waals surface area contributed by atoms with Crippen LogP contribution in [0, 0.1) is 18.3 Å². The first-order valence-corrected chi connectivity index (χ1v) is 5.48. The fourth-order valence-corrected chi connectivity index (χ4v) is 1.60. The molecule has 0 N–H and O–H groups in total. The maximum absolute atomic E-state index is 8.98. The molecule has 96 valence electrons. The third-order valence-corrected chi connectivity index (χ3v) is 2.55. The van der Waals surface area contributed by atoms with E-state index in [1.807, 2.05) is 19.1 Å². The molecule has 18 heavy (non-hydrogen) atoms. The lowest BCUT2D eigenvalue weighted by Crippen LogP contribution is -1.95. The summed E-state index contributed by atoms with van der Waals surface area (Å²) in [7, 11) is 4.74. The predicted molar refractivity (Wildman–Crippen MR) is 69.7 cm³/mol. The summed E-state index contributed by atoms with van der Waals surface area (Å²) in [6, 6.07) is 5.84. The standard InChI is InChI=1S/C14H17NO3/c1-10-5-13(17-3)14(18-4)7-12(10)6-11(8-15)9-16-2/h5-7H,9H2,1-4H3/b11-6-. The summed E-state index contributed by atoms with van der Waals surface area (Å²) in [5.74, 6) is 1.32. The molecular formula is C14H17NO3. The lowest BCUT2D eigenvalue weighted by molar-refractivity contribution is 0.229. The van der Waals surface area contributed by atoms with Crippen LogP contribution in [0.5, 0.6) is 11.5 Å². The van der Waals surface area contributed by atoms with Gasteiger partial charge in [-0.05, 0) is 36.3 Å². The minimum atomic E-state index is 0.296. The third kappa shape index (κ3) is 3.25. The van der Waals surface area contributed by atoms with Gasteiger partial charge in [0.25, 0.3) is 0 Å². The van der Waals surface area contributed by atoms with Gasteiger partial charge in [-0.1, -0.05) is 0 Å². The Morgan fingerprint density at radius 2 is 1.83 bits per heavy atom. The Morgan fingerprint density at radius 1 is 1.22 bits per heavy atom. The van der Waals surface area contributed by atoms with E-state index in [1.165, 1.54) is 0 Å². The van der Waals surface area contributed by atoms with Crippen molar-refractivity contribution in [3.8, 4) is 17.6 Å². The fraction of sp³-hybridized carbons (Fsp3) is 0.357. The monoisotopic (exact) mass is 247 g/mol. The average Bonchev–Trinajstić information content (AvgIpc) is 2.39. The summed E-state index contributed by atoms with van der Waals surface area (Å²) < 4.78 is 15.4. The number of methoxy groups -OCH3 is 3. The van der Waals surface area contributed by atoms with Gasteiger partial charge in [0.2, 0.25) is 0 Å². The number of hydrogen-bond acceptors (Lipinski definition) is 4. The summed E-state index contributed by atoms with van der Waals surface area (Å²) in [6.07, 6.45) is 1.79. The smallest absolute Gasteiger partial charge is 0.161 e. The quantitative estimate of drug-likeness (QED) is 0.750. The molecule has 0 bridgehead atoms. The van der Waals surface area contributed by atoms with Gasteiger partial charge in [0.1, 0.15) is 0 Å². The molecule has 0 aliphatic heterocycles. The molecule has 1 rings (SSSR count). The number of rotatable bonds is 5. The van der Waals surface area contributed by atoms with E-state index in [2.05, 4.69) is 6.07 Å². The number of hydrogen-bond donors (Lipinski definition) is 0. The highest BCUT2D eigenvalue weighted by molar-refractivity contribution is 5.64. The zero-order valence-electron chi connectivity index (χ0n) is 11.1. The van der Waals surface area contributed by atoms with E-state index in [0.717, 1.165) is 11.1 Å². The minimum Gasteiger partial charge on any atom is -0.493 e. The second-order valence-corrected chi connectivity index (χ2v) is 3.78. The van der Waals surface area contributed by atoms with E-state index in [-0.39, 0.29) is 0 Å². The van der Waals surface area contributed by atoms with Gasteiger partial charge in [0, 0.05) is 7.11 Å². The molecule has 0 fully saturated rings. The van der Waals surface area contributed by atoms with Gasteiger partial charge in [-0.15, -0.1) is 0 Å². The van der Waals surface area contributed by atoms with Crippen molar-refractivity contribution in [1.82, 2.24) is 0 Å². The second-order valence-electron chi connectivity index (χ2n) is 3.78. The number of ether oxygens (including phenoxy) is 3. The fourth-order valence-electron chi connectivity index (χ4n) is 1.60. The normalized spacial score (nSPS) is 10.9. The molecule has 0 amide bonds. The molecule has 4 nitrogen and oxygen atoms in total. The Morgan fingerprint density at radius 3 is 2.33 bits per heavy atom. The van der Waals surface area contributed by atoms with E-state index in [0.29, 0.717) is 23.7 Å². The molecule has 0 saturated heterocycles. The van der Waals surface area contributed by atoms with Crippen molar-refractivity contribution in [1.29, 1.82) is 5.26 Å². The molecule has 0 atom stereocenters. The first-order chi connectivity index (χ1) is 8.65. The molecule has 0 aromatic heterocycles. The summed E-state index contributed by atoms with van der Waals surface area (Å²) in [5.41, 5.74) is 2.49. The Kier molecular flexibility index (Phi) is 5.22. The van der Waals surface area contributed by atoms with Crippen LogP contribution in [0.15, 0.2) is 17.7 Å². The van der Waals surface area contributed by atoms with Crippen molar-refractivity contribution in [3.63, 3.8) is 0 Å². The van der Waals surface area contributed by atoms with E-state index < -0.39 is 0 Å². The number of aryl methyl sites for hydroxylation is 1. The Hall–Kier alpha value is -1.99. The molecule has 0 unspecified atom stereocenters. The molecule has 0 radical (unpaired) electrons. The Bertz CT molecular complexity index is 487. The molecular weight excluding hydrogens is 230 g/mol. The van der Waals surface area contributed by atoms with E-state index in [4.69, 9.17) is 19.5 Å². The van der Waals surface area contributed by atoms with Gasteiger partial charge in [-0.3, -0.25) is 0 Å². The van der Waals surface area contributed by atoms with Crippen molar-refractivity contribution in [2.24, 2.45) is 0 Å². The van der Waals surface area contributed by atoms with Crippen LogP contribution in [0.25, 0.3) is 6.08 Å². The topological polar surface area (TPSA) is 51.5 Å². The van der Waals surface area contributed by atoms with Crippen LogP contribution in [-0.2, 0) is 4.74 Å². The van der Waals surface area contributed by atoms with Gasteiger partial charge < -0.3 is 14.2 Å². The van der Waals surface area contributed by atoms with Crippen LogP contribution in [-0.4, -0.2) is 27.9 Å². The summed E-state index contributed by atoms with van der Waals surface area (Å²) in [6.45, 7) is 2.25. The number of nitrogens with zero attached hydrogens (tertiary/aromatic N) is 1. The molecule has 0 aliphatic rings. The van der Waals surface area contributed by atoms with Crippen LogP contribution in [0.1, 0.15) is 11.1 Å². The zero-order chi connectivity index (χ0) is 13.5. The molecule has 0 saturated carbocycles. The maximum Gasteiger partial charge on any atom is 0.161 e. The zero-order valence-corrected chi connectivity index (χ0v) is 11.1. The van der Waals surface area contributed by atoms with Crippen molar-refractivity contribution in [2.75, 3.05) is 27.9 Å². The van der Waals surface area contributed by atoms with Crippen LogP contribution < -0.4 is 9.47 Å². The Balaban J connectivity index is 3.21. The van der Waals surface area contributed by atoms with Crippen molar-refractivity contribution in [3.05, 3.63) is 28.8 Å².